The lowest BCUT2D eigenvalue weighted by atomic mass is 10.3. The van der Waals surface area contributed by atoms with Gasteiger partial charge in [-0.2, -0.15) is 0 Å². The van der Waals surface area contributed by atoms with Crippen molar-refractivity contribution in [2.75, 3.05) is 26.0 Å². The minimum absolute atomic E-state index is 0.0811. The SMILES string of the molecule is CN(C)C(=O)CCNc1ccc(Cl)cc1Cl. The maximum absolute atomic E-state index is 11.3. The van der Waals surface area contributed by atoms with Gasteiger partial charge >= 0.3 is 0 Å². The Morgan fingerprint density at radius 2 is 2.06 bits per heavy atom. The molecule has 3 nitrogen and oxygen atoms in total. The number of carbonyl (C=O) groups is 1. The first-order valence-electron chi connectivity index (χ1n) is 4.90. The Bertz CT molecular complexity index is 380. The van der Waals surface area contributed by atoms with E-state index < -0.39 is 0 Å². The van der Waals surface area contributed by atoms with Gasteiger partial charge in [-0.25, -0.2) is 0 Å². The van der Waals surface area contributed by atoms with Crippen LogP contribution in [0.25, 0.3) is 0 Å². The van der Waals surface area contributed by atoms with Gasteiger partial charge in [-0.15, -0.1) is 0 Å². The Morgan fingerprint density at radius 3 is 2.62 bits per heavy atom. The zero-order chi connectivity index (χ0) is 12.1. The van der Waals surface area contributed by atoms with Crippen LogP contribution in [0.3, 0.4) is 0 Å². The molecule has 0 heterocycles. The predicted octanol–water partition coefficient (Wildman–Crippen LogP) is 2.88. The monoisotopic (exact) mass is 260 g/mol. The number of hydrogen-bond donors (Lipinski definition) is 1. The lowest BCUT2D eigenvalue weighted by Gasteiger charge is -2.12. The van der Waals surface area contributed by atoms with Gasteiger partial charge in [0.2, 0.25) is 5.91 Å². The second-order valence-corrected chi connectivity index (χ2v) is 4.43. The van der Waals surface area contributed by atoms with Gasteiger partial charge in [-0.05, 0) is 18.2 Å². The molecule has 16 heavy (non-hydrogen) atoms. The largest absolute Gasteiger partial charge is 0.383 e. The maximum Gasteiger partial charge on any atom is 0.223 e. The third-order valence-electron chi connectivity index (χ3n) is 2.08. The van der Waals surface area contributed by atoms with Crippen molar-refractivity contribution in [3.8, 4) is 0 Å². The van der Waals surface area contributed by atoms with Crippen LogP contribution in [0.1, 0.15) is 6.42 Å². The zero-order valence-corrected chi connectivity index (χ0v) is 10.8. The summed E-state index contributed by atoms with van der Waals surface area (Å²) in [7, 11) is 3.47. The standard InChI is InChI=1S/C11H14Cl2N2O/c1-15(2)11(16)5-6-14-10-4-3-8(12)7-9(10)13/h3-4,7,14H,5-6H2,1-2H3. The highest BCUT2D eigenvalue weighted by Gasteiger charge is 2.04. The van der Waals surface area contributed by atoms with Crippen LogP contribution in [0, 0.1) is 0 Å². The summed E-state index contributed by atoms with van der Waals surface area (Å²) in [5.41, 5.74) is 0.789. The van der Waals surface area contributed by atoms with Gasteiger partial charge in [0, 0.05) is 32.1 Å². The van der Waals surface area contributed by atoms with Crippen LogP contribution in [0.4, 0.5) is 5.69 Å². The van der Waals surface area contributed by atoms with E-state index in [0.717, 1.165) is 5.69 Å². The van der Waals surface area contributed by atoms with Crippen LogP contribution in [0.2, 0.25) is 10.0 Å². The molecule has 0 atom stereocenters. The van der Waals surface area contributed by atoms with Gasteiger partial charge < -0.3 is 10.2 Å². The Hall–Kier alpha value is -0.930. The molecular formula is C11H14Cl2N2O. The number of halogens is 2. The molecule has 0 aliphatic carbocycles. The summed E-state index contributed by atoms with van der Waals surface area (Å²) in [4.78, 5) is 12.9. The van der Waals surface area contributed by atoms with Crippen molar-refractivity contribution in [1.29, 1.82) is 0 Å². The topological polar surface area (TPSA) is 32.3 Å². The fourth-order valence-corrected chi connectivity index (χ4v) is 1.64. The van der Waals surface area contributed by atoms with Crippen LogP contribution in [-0.4, -0.2) is 31.4 Å². The lowest BCUT2D eigenvalue weighted by Crippen LogP contribution is -2.23. The molecule has 0 saturated carbocycles. The Morgan fingerprint density at radius 1 is 1.38 bits per heavy atom. The summed E-state index contributed by atoms with van der Waals surface area (Å²) in [6.45, 7) is 0.554. The first-order valence-corrected chi connectivity index (χ1v) is 5.65. The number of hydrogen-bond acceptors (Lipinski definition) is 2. The normalized spacial score (nSPS) is 10.0. The van der Waals surface area contributed by atoms with E-state index in [4.69, 9.17) is 23.2 Å². The maximum atomic E-state index is 11.3. The number of rotatable bonds is 4. The minimum Gasteiger partial charge on any atom is -0.383 e. The molecule has 1 aromatic rings. The number of benzene rings is 1. The Kier molecular flexibility index (Phi) is 4.90. The molecule has 1 aromatic carbocycles. The molecule has 5 heteroatoms. The van der Waals surface area contributed by atoms with Crippen LogP contribution in [0.5, 0.6) is 0 Å². The molecule has 1 rings (SSSR count). The first-order chi connectivity index (χ1) is 7.50. The first kappa shape index (κ1) is 13.1. The molecule has 1 amide bonds. The number of anilines is 1. The number of carbonyl (C=O) groups excluding carboxylic acids is 1. The van der Waals surface area contributed by atoms with Crippen molar-refractivity contribution >= 4 is 34.8 Å². The molecule has 0 spiro atoms. The summed E-state index contributed by atoms with van der Waals surface area (Å²) < 4.78 is 0. The lowest BCUT2D eigenvalue weighted by molar-refractivity contribution is -0.128. The van der Waals surface area contributed by atoms with E-state index in [-0.39, 0.29) is 5.91 Å². The zero-order valence-electron chi connectivity index (χ0n) is 9.26. The van der Waals surface area contributed by atoms with Crippen molar-refractivity contribution < 1.29 is 4.79 Å². The van der Waals surface area contributed by atoms with Crippen molar-refractivity contribution in [3.05, 3.63) is 28.2 Å². The van der Waals surface area contributed by atoms with Gasteiger partial charge in [-0.3, -0.25) is 4.79 Å². The molecule has 0 bridgehead atoms. The van der Waals surface area contributed by atoms with Crippen molar-refractivity contribution in [2.45, 2.75) is 6.42 Å². The molecule has 0 aromatic heterocycles. The van der Waals surface area contributed by atoms with E-state index in [1.807, 2.05) is 0 Å². The highest BCUT2D eigenvalue weighted by atomic mass is 35.5. The second kappa shape index (κ2) is 5.97. The third kappa shape index (κ3) is 3.91. The highest BCUT2D eigenvalue weighted by molar-refractivity contribution is 6.36. The second-order valence-electron chi connectivity index (χ2n) is 3.59. The minimum atomic E-state index is 0.0811. The van der Waals surface area contributed by atoms with Crippen LogP contribution < -0.4 is 5.32 Å². The highest BCUT2D eigenvalue weighted by Crippen LogP contribution is 2.25. The van der Waals surface area contributed by atoms with Crippen molar-refractivity contribution in [1.82, 2.24) is 4.90 Å². The van der Waals surface area contributed by atoms with E-state index in [0.29, 0.717) is 23.0 Å². The fraction of sp³-hybridized carbons (Fsp3) is 0.364. The van der Waals surface area contributed by atoms with Gasteiger partial charge in [0.05, 0.1) is 10.7 Å². The number of amides is 1. The molecule has 0 radical (unpaired) electrons. The average Bonchev–Trinajstić information content (AvgIpc) is 2.20. The van der Waals surface area contributed by atoms with E-state index in [1.54, 1.807) is 37.2 Å². The van der Waals surface area contributed by atoms with Crippen LogP contribution in [-0.2, 0) is 4.79 Å². The summed E-state index contributed by atoms with van der Waals surface area (Å²) in [5, 5.41) is 4.24. The third-order valence-corrected chi connectivity index (χ3v) is 2.63. The molecule has 0 unspecified atom stereocenters. The Labute approximate surface area is 105 Å². The fourth-order valence-electron chi connectivity index (χ4n) is 1.16. The summed E-state index contributed by atoms with van der Waals surface area (Å²) in [6, 6.07) is 5.22. The summed E-state index contributed by atoms with van der Waals surface area (Å²) in [6.07, 6.45) is 0.436. The van der Waals surface area contributed by atoms with E-state index in [1.165, 1.54) is 0 Å². The van der Waals surface area contributed by atoms with Crippen molar-refractivity contribution in [2.24, 2.45) is 0 Å². The summed E-state index contributed by atoms with van der Waals surface area (Å²) in [5.74, 6) is 0.0811. The molecule has 1 N–H and O–H groups in total. The molecule has 88 valence electrons. The van der Waals surface area contributed by atoms with Crippen molar-refractivity contribution in [3.63, 3.8) is 0 Å². The summed E-state index contributed by atoms with van der Waals surface area (Å²) >= 11 is 11.7. The molecular weight excluding hydrogens is 247 g/mol. The average molecular weight is 261 g/mol. The van der Waals surface area contributed by atoms with Gasteiger partial charge in [0.25, 0.3) is 0 Å². The van der Waals surface area contributed by atoms with Gasteiger partial charge in [-0.1, -0.05) is 23.2 Å². The van der Waals surface area contributed by atoms with E-state index >= 15 is 0 Å². The molecule has 0 saturated heterocycles. The quantitative estimate of drug-likeness (QED) is 0.903. The van der Waals surface area contributed by atoms with Crippen LogP contribution >= 0.6 is 23.2 Å². The number of nitrogens with one attached hydrogen (secondary N) is 1. The number of nitrogens with zero attached hydrogens (tertiary/aromatic N) is 1. The Balaban J connectivity index is 2.46. The van der Waals surface area contributed by atoms with Gasteiger partial charge in [0.15, 0.2) is 0 Å². The molecule has 0 aliphatic rings. The molecule has 0 fully saturated rings. The van der Waals surface area contributed by atoms with E-state index in [9.17, 15) is 4.79 Å². The van der Waals surface area contributed by atoms with E-state index in [2.05, 4.69) is 5.32 Å². The predicted molar refractivity (Wildman–Crippen MR) is 68.3 cm³/mol. The molecule has 0 aliphatic heterocycles. The van der Waals surface area contributed by atoms with Crippen LogP contribution in [0.15, 0.2) is 18.2 Å². The smallest absolute Gasteiger partial charge is 0.223 e. The van der Waals surface area contributed by atoms with Gasteiger partial charge in [0.1, 0.15) is 0 Å².